The second-order valence-electron chi connectivity index (χ2n) is 5.27. The second kappa shape index (κ2) is 3.98. The highest BCUT2D eigenvalue weighted by atomic mass is 32.2. The molecule has 0 radical (unpaired) electrons. The molecule has 1 amide bonds. The van der Waals surface area contributed by atoms with E-state index >= 15 is 0 Å². The second-order valence-corrected chi connectivity index (χ2v) is 8.12. The van der Waals surface area contributed by atoms with Gasteiger partial charge in [0.15, 0.2) is 9.84 Å². The highest BCUT2D eigenvalue weighted by Crippen LogP contribution is 2.34. The maximum absolute atomic E-state index is 12.5. The summed E-state index contributed by atoms with van der Waals surface area (Å²) in [4.78, 5) is 14.2. The van der Waals surface area contributed by atoms with Gasteiger partial charge in [0.2, 0.25) is 0 Å². The van der Waals surface area contributed by atoms with Crippen LogP contribution in [0.3, 0.4) is 0 Å². The predicted molar refractivity (Wildman–Crippen MR) is 74.4 cm³/mol. The van der Waals surface area contributed by atoms with Crippen molar-refractivity contribution in [1.29, 1.82) is 0 Å². The highest BCUT2D eigenvalue weighted by Gasteiger charge is 2.50. The molecule has 6 nitrogen and oxygen atoms in total. The predicted octanol–water partition coefficient (Wildman–Crippen LogP) is 0.703. The zero-order valence-corrected chi connectivity index (χ0v) is 12.0. The summed E-state index contributed by atoms with van der Waals surface area (Å²) >= 11 is 1.11. The average Bonchev–Trinajstić information content (AvgIpc) is 3.08. The number of likely N-dealkylation sites (tertiary alicyclic amines) is 1. The Morgan fingerprint density at radius 2 is 2.10 bits per heavy atom. The van der Waals surface area contributed by atoms with Crippen molar-refractivity contribution >= 4 is 38.5 Å². The van der Waals surface area contributed by atoms with Crippen LogP contribution in [-0.4, -0.2) is 51.6 Å². The molecule has 2 aliphatic heterocycles. The molecule has 1 aromatic carbocycles. The first-order chi connectivity index (χ1) is 9.54. The molecular weight excluding hydrogens is 298 g/mol. The van der Waals surface area contributed by atoms with Crippen LogP contribution in [0.2, 0.25) is 0 Å². The Morgan fingerprint density at radius 3 is 2.80 bits per heavy atom. The summed E-state index contributed by atoms with van der Waals surface area (Å²) in [6, 6.07) is 5.06. The smallest absolute Gasteiger partial charge is 0.254 e. The van der Waals surface area contributed by atoms with E-state index in [1.54, 1.807) is 23.1 Å². The van der Waals surface area contributed by atoms with Crippen molar-refractivity contribution in [3.05, 3.63) is 23.8 Å². The number of hydrogen-bond donors (Lipinski definition) is 0. The molecular formula is C12H11N3O3S2. The highest BCUT2D eigenvalue weighted by molar-refractivity contribution is 7.92. The van der Waals surface area contributed by atoms with Gasteiger partial charge in [-0.05, 0) is 24.6 Å². The number of nitrogens with zero attached hydrogens (tertiary/aromatic N) is 3. The first-order valence-corrected chi connectivity index (χ1v) is 8.74. The van der Waals surface area contributed by atoms with Crippen LogP contribution in [-0.2, 0) is 9.84 Å². The van der Waals surface area contributed by atoms with Gasteiger partial charge in [0.05, 0.1) is 22.7 Å². The van der Waals surface area contributed by atoms with E-state index in [9.17, 15) is 13.2 Å². The molecule has 2 atom stereocenters. The maximum Gasteiger partial charge on any atom is 0.254 e. The number of sulfone groups is 1. The molecule has 0 saturated carbocycles. The molecule has 3 heterocycles. The Labute approximate surface area is 119 Å². The first-order valence-electron chi connectivity index (χ1n) is 6.29. The van der Waals surface area contributed by atoms with Crippen molar-refractivity contribution in [2.24, 2.45) is 0 Å². The average molecular weight is 309 g/mol. The summed E-state index contributed by atoms with van der Waals surface area (Å²) in [5.41, 5.74) is 2.03. The van der Waals surface area contributed by atoms with E-state index in [0.29, 0.717) is 24.0 Å². The third-order valence-electron chi connectivity index (χ3n) is 4.07. The van der Waals surface area contributed by atoms with Crippen LogP contribution in [0, 0.1) is 0 Å². The third kappa shape index (κ3) is 1.68. The van der Waals surface area contributed by atoms with Crippen LogP contribution in [0.1, 0.15) is 16.8 Å². The summed E-state index contributed by atoms with van der Waals surface area (Å²) in [6.07, 6.45) is 0.578. The molecule has 0 spiro atoms. The number of hydrogen-bond acceptors (Lipinski definition) is 6. The van der Waals surface area contributed by atoms with Gasteiger partial charge in [0, 0.05) is 18.2 Å². The zero-order valence-electron chi connectivity index (χ0n) is 10.4. The van der Waals surface area contributed by atoms with Crippen LogP contribution in [0.5, 0.6) is 0 Å². The molecule has 2 fully saturated rings. The van der Waals surface area contributed by atoms with Gasteiger partial charge in [0.1, 0.15) is 11.0 Å². The lowest BCUT2D eigenvalue weighted by Gasteiger charge is -2.26. The van der Waals surface area contributed by atoms with Crippen molar-refractivity contribution in [1.82, 2.24) is 13.6 Å². The molecule has 2 unspecified atom stereocenters. The Morgan fingerprint density at radius 1 is 1.30 bits per heavy atom. The van der Waals surface area contributed by atoms with E-state index < -0.39 is 9.84 Å². The summed E-state index contributed by atoms with van der Waals surface area (Å²) in [7, 11) is -2.98. The molecule has 2 saturated heterocycles. The van der Waals surface area contributed by atoms with Crippen molar-refractivity contribution in [2.75, 3.05) is 12.3 Å². The summed E-state index contributed by atoms with van der Waals surface area (Å²) in [5, 5.41) is -0.374. The van der Waals surface area contributed by atoms with Gasteiger partial charge in [-0.3, -0.25) is 4.79 Å². The van der Waals surface area contributed by atoms with Crippen LogP contribution in [0.25, 0.3) is 11.0 Å². The third-order valence-corrected chi connectivity index (χ3v) is 6.83. The summed E-state index contributed by atoms with van der Waals surface area (Å²) in [5.74, 6) is -0.00788. The SMILES string of the molecule is O=C(c1ccc2nsnc2c1)N1CC2CC1CS2(=O)=O. The Bertz CT molecular complexity index is 814. The number of aromatic nitrogens is 2. The molecule has 1 aromatic heterocycles. The van der Waals surface area contributed by atoms with E-state index in [0.717, 1.165) is 17.2 Å². The van der Waals surface area contributed by atoms with Gasteiger partial charge in [-0.25, -0.2) is 8.42 Å². The van der Waals surface area contributed by atoms with Gasteiger partial charge < -0.3 is 4.90 Å². The lowest BCUT2D eigenvalue weighted by Crippen LogP contribution is -2.44. The summed E-state index contributed by atoms with van der Waals surface area (Å²) < 4.78 is 31.6. The molecule has 8 heteroatoms. The standard InChI is InChI=1S/C12H11N3O3S2/c16-12(7-1-2-10-11(3-7)14-19-13-10)15-5-9-4-8(15)6-20(9,17)18/h1-3,8-9H,4-6H2. The van der Waals surface area contributed by atoms with Crippen molar-refractivity contribution in [3.63, 3.8) is 0 Å². The molecule has 4 rings (SSSR count). The fourth-order valence-electron chi connectivity index (χ4n) is 3.03. The van der Waals surface area contributed by atoms with E-state index in [4.69, 9.17) is 0 Å². The lowest BCUT2D eigenvalue weighted by atomic mass is 10.1. The minimum Gasteiger partial charge on any atom is -0.333 e. The van der Waals surface area contributed by atoms with Crippen molar-refractivity contribution < 1.29 is 13.2 Å². The first kappa shape index (κ1) is 12.2. The molecule has 2 bridgehead atoms. The van der Waals surface area contributed by atoms with Crippen LogP contribution in [0.15, 0.2) is 18.2 Å². The van der Waals surface area contributed by atoms with Gasteiger partial charge in [0.25, 0.3) is 5.91 Å². The largest absolute Gasteiger partial charge is 0.333 e. The van der Waals surface area contributed by atoms with E-state index in [2.05, 4.69) is 8.75 Å². The molecule has 20 heavy (non-hydrogen) atoms. The normalized spacial score (nSPS) is 27.3. The van der Waals surface area contributed by atoms with Crippen LogP contribution < -0.4 is 0 Å². The summed E-state index contributed by atoms with van der Waals surface area (Å²) in [6.45, 7) is 0.319. The van der Waals surface area contributed by atoms with Gasteiger partial charge in [-0.2, -0.15) is 8.75 Å². The minimum atomic E-state index is -2.98. The van der Waals surface area contributed by atoms with Gasteiger partial charge in [-0.15, -0.1) is 0 Å². The number of fused-ring (bicyclic) bond motifs is 3. The number of carbonyl (C=O) groups is 1. The van der Waals surface area contributed by atoms with E-state index in [-0.39, 0.29) is 23.0 Å². The molecule has 0 N–H and O–H groups in total. The Balaban J connectivity index is 1.65. The molecule has 2 aliphatic rings. The Hall–Kier alpha value is -1.54. The number of rotatable bonds is 1. The lowest BCUT2D eigenvalue weighted by molar-refractivity contribution is 0.0746. The zero-order chi connectivity index (χ0) is 13.9. The number of amides is 1. The fraction of sp³-hybridized carbons (Fsp3) is 0.417. The minimum absolute atomic E-state index is 0.101. The molecule has 2 aromatic rings. The molecule has 104 valence electrons. The fourth-order valence-corrected chi connectivity index (χ4v) is 5.57. The molecule has 0 aliphatic carbocycles. The monoisotopic (exact) mass is 309 g/mol. The van der Waals surface area contributed by atoms with E-state index in [1.807, 2.05) is 0 Å². The number of carbonyl (C=O) groups excluding carboxylic acids is 1. The maximum atomic E-state index is 12.5. The topological polar surface area (TPSA) is 80.2 Å². The van der Waals surface area contributed by atoms with Crippen molar-refractivity contribution in [2.45, 2.75) is 17.7 Å². The van der Waals surface area contributed by atoms with E-state index in [1.165, 1.54) is 0 Å². The Kier molecular flexibility index (Phi) is 2.43. The van der Waals surface area contributed by atoms with Crippen LogP contribution >= 0.6 is 11.7 Å². The quantitative estimate of drug-likeness (QED) is 0.775. The van der Waals surface area contributed by atoms with Gasteiger partial charge in [-0.1, -0.05) is 0 Å². The number of benzene rings is 1. The van der Waals surface area contributed by atoms with Crippen LogP contribution in [0.4, 0.5) is 0 Å². The van der Waals surface area contributed by atoms with Gasteiger partial charge >= 0.3 is 0 Å². The van der Waals surface area contributed by atoms with Crippen molar-refractivity contribution in [3.8, 4) is 0 Å².